The van der Waals surface area contributed by atoms with Crippen LogP contribution in [0.2, 0.25) is 0 Å². The van der Waals surface area contributed by atoms with Crippen molar-refractivity contribution in [2.45, 2.75) is 116 Å². The molecular formula is C41H67BF3N3NaO9. The van der Waals surface area contributed by atoms with E-state index in [0.29, 0.717) is 51.7 Å². The molecule has 58 heavy (non-hydrogen) atoms. The zero-order chi connectivity index (χ0) is 40.8. The van der Waals surface area contributed by atoms with E-state index < -0.39 is 48.7 Å². The molecule has 3 aliphatic rings. The second-order valence-electron chi connectivity index (χ2n) is 13.0. The van der Waals surface area contributed by atoms with E-state index in [1.165, 1.54) is 9.80 Å². The first-order valence-corrected chi connectivity index (χ1v) is 19.0. The third-order valence-electron chi connectivity index (χ3n) is 8.61. The molecule has 3 saturated heterocycles. The fourth-order valence-electron chi connectivity index (χ4n) is 5.52. The molecule has 2 aromatic carbocycles. The van der Waals surface area contributed by atoms with Gasteiger partial charge in [0.05, 0.1) is 25.3 Å². The summed E-state index contributed by atoms with van der Waals surface area (Å²) in [5.74, 6) is -0.425. The minimum atomic E-state index is -1.60. The Kier molecular flexibility index (Phi) is 38.4. The van der Waals surface area contributed by atoms with Crippen LogP contribution in [0, 0.1) is 0 Å². The molecule has 2 amide bonds. The molecule has 325 valence electrons. The Morgan fingerprint density at radius 3 is 1.69 bits per heavy atom. The van der Waals surface area contributed by atoms with Crippen molar-refractivity contribution in [2.24, 2.45) is 0 Å². The van der Waals surface area contributed by atoms with Gasteiger partial charge in [0, 0.05) is 48.2 Å². The Hall–Kier alpha value is -2.70. The molecule has 0 aliphatic carbocycles. The van der Waals surface area contributed by atoms with E-state index in [9.17, 15) is 32.7 Å². The smallest absolute Gasteiger partial charge is 1.00 e. The van der Waals surface area contributed by atoms with Crippen molar-refractivity contribution in [3.05, 3.63) is 71.8 Å². The summed E-state index contributed by atoms with van der Waals surface area (Å²) in [5.41, 5.74) is 1.77. The van der Waals surface area contributed by atoms with Crippen molar-refractivity contribution in [3.63, 3.8) is 0 Å². The van der Waals surface area contributed by atoms with Gasteiger partial charge < -0.3 is 46.4 Å². The number of Topliss-reactive ketones (excluding diaryl/α,β-unsaturated/α-hetero) is 1. The number of rotatable bonds is 4. The first-order chi connectivity index (χ1) is 26.5. The summed E-state index contributed by atoms with van der Waals surface area (Å²) in [4.78, 5) is 37.8. The monoisotopic (exact) mass is 836 g/mol. The van der Waals surface area contributed by atoms with E-state index in [4.69, 9.17) is 24.8 Å². The van der Waals surface area contributed by atoms with Crippen molar-refractivity contribution in [1.82, 2.24) is 15.1 Å². The molecule has 0 spiro atoms. The molecule has 5 unspecified atom stereocenters. The number of likely N-dealkylation sites (tertiary alicyclic amines) is 2. The summed E-state index contributed by atoms with van der Waals surface area (Å²) >= 11 is 0. The molecular weight excluding hydrogens is 769 g/mol. The van der Waals surface area contributed by atoms with Crippen molar-refractivity contribution in [1.29, 1.82) is 0 Å². The van der Waals surface area contributed by atoms with Crippen LogP contribution in [-0.2, 0) is 27.5 Å². The fraction of sp³-hybridized carbons (Fsp3) is 0.634. The number of aliphatic hydroxyl groups excluding tert-OH is 4. The number of ether oxygens (including phenoxy) is 2. The summed E-state index contributed by atoms with van der Waals surface area (Å²) in [5, 5.41) is 36.1. The van der Waals surface area contributed by atoms with E-state index in [2.05, 4.69) is 5.32 Å². The second-order valence-corrected chi connectivity index (χ2v) is 13.0. The second kappa shape index (κ2) is 37.3. The Morgan fingerprint density at radius 1 is 0.759 bits per heavy atom. The van der Waals surface area contributed by atoms with Crippen LogP contribution in [0.5, 0.6) is 0 Å². The Morgan fingerprint density at radius 2 is 1.19 bits per heavy atom. The molecule has 5 atom stereocenters. The van der Waals surface area contributed by atoms with Crippen LogP contribution in [0.4, 0.5) is 22.8 Å². The number of nitrogens with one attached hydrogen (secondary N) is 1. The van der Waals surface area contributed by atoms with Crippen LogP contribution in [0.25, 0.3) is 0 Å². The maximum Gasteiger partial charge on any atom is 1.00 e. The number of nitrogens with zero attached hydrogens (tertiary/aromatic N) is 2. The van der Waals surface area contributed by atoms with E-state index in [-0.39, 0.29) is 86.2 Å². The van der Waals surface area contributed by atoms with E-state index >= 15 is 0 Å². The van der Waals surface area contributed by atoms with Gasteiger partial charge in [0.25, 0.3) is 0 Å². The van der Waals surface area contributed by atoms with Gasteiger partial charge in [-0.15, -0.1) is 0 Å². The molecule has 5 rings (SSSR count). The summed E-state index contributed by atoms with van der Waals surface area (Å²) in [7, 11) is 1.00. The first-order valence-electron chi connectivity index (χ1n) is 19.0. The third-order valence-corrected chi connectivity index (χ3v) is 8.61. The van der Waals surface area contributed by atoms with Crippen LogP contribution in [0.3, 0.4) is 0 Å². The minimum absolute atomic E-state index is 0. The van der Waals surface area contributed by atoms with Crippen LogP contribution >= 0.6 is 0 Å². The number of hydrogen-bond acceptors (Lipinski definition) is 10. The maximum atomic E-state index is 13.7. The van der Waals surface area contributed by atoms with Gasteiger partial charge in [0.2, 0.25) is 0 Å². The summed E-state index contributed by atoms with van der Waals surface area (Å²) in [6, 6.07) is 18.6. The molecule has 3 aliphatic heterocycles. The Labute approximate surface area is 369 Å². The zero-order valence-corrected chi connectivity index (χ0v) is 35.8. The predicted octanol–water partition coefficient (Wildman–Crippen LogP) is 2.66. The van der Waals surface area contributed by atoms with E-state index in [1.807, 2.05) is 60.7 Å². The molecule has 3 fully saturated rings. The van der Waals surface area contributed by atoms with Gasteiger partial charge >= 0.3 is 41.7 Å². The SMILES string of the molecule is C.CCO.CO.O=C(OCc1ccccc1)N1CCCCC(O)C(F)C1.O=C1CCCCN(C(=O)OCc2ccccc2)CC1F.OC1CCCCNCC1F.[B].[H-].[Na+]. The van der Waals surface area contributed by atoms with E-state index in [0.717, 1.165) is 44.0 Å². The number of benzene rings is 2. The van der Waals surface area contributed by atoms with Gasteiger partial charge in [-0.25, -0.2) is 22.8 Å². The summed E-state index contributed by atoms with van der Waals surface area (Å²) in [6.45, 7) is 4.05. The molecule has 3 radical (unpaired) electrons. The number of carbonyl (C=O) groups excluding carboxylic acids is 3. The van der Waals surface area contributed by atoms with Gasteiger partial charge in [-0.3, -0.25) is 4.79 Å². The van der Waals surface area contributed by atoms with Crippen LogP contribution in [0.1, 0.15) is 84.7 Å². The standard InChI is InChI=1S/C15H20FNO3.C15H18FNO3.C7H14FNO.C2H6O.CH4O.CH4.B.Na.H/c2*16-13-10-17(9-5-4-8-14(13)18)15(19)20-11-12-6-2-1-3-7-12;8-6-5-9-4-2-1-3-7(6)10;1-2-3;1-2;;;;/h1-3,6-7,13-14,18H,4-5,8-11H2;1-3,6-7,13H,4-5,8-11H2;6-7,9-10H,1-5H2;3H,2H2,1H3;2H,1H3;1H4;;;/q;;;;;;;+1;-1. The maximum absolute atomic E-state index is 13.7. The van der Waals surface area contributed by atoms with Gasteiger partial charge in [-0.05, 0) is 76.0 Å². The fourth-order valence-corrected chi connectivity index (χ4v) is 5.52. The number of aliphatic hydroxyl groups is 4. The first kappa shape index (κ1) is 59.6. The largest absolute Gasteiger partial charge is 1.00 e. The van der Waals surface area contributed by atoms with Crippen LogP contribution in [-0.4, -0.2) is 140 Å². The molecule has 0 aromatic heterocycles. The van der Waals surface area contributed by atoms with Crippen molar-refractivity contribution in [2.75, 3.05) is 53.0 Å². The Balaban J connectivity index is -0.000000367. The number of alkyl halides is 3. The van der Waals surface area contributed by atoms with Crippen LogP contribution < -0.4 is 34.9 Å². The van der Waals surface area contributed by atoms with Crippen LogP contribution in [0.15, 0.2) is 60.7 Å². The average molecular weight is 837 g/mol. The van der Waals surface area contributed by atoms with Gasteiger partial charge in [0.15, 0.2) is 12.0 Å². The van der Waals surface area contributed by atoms with Crippen molar-refractivity contribution >= 4 is 26.4 Å². The Bertz CT molecular complexity index is 1300. The molecule has 5 N–H and O–H groups in total. The van der Waals surface area contributed by atoms with Gasteiger partial charge in [-0.2, -0.15) is 0 Å². The number of amides is 2. The molecule has 0 bridgehead atoms. The number of carbonyl (C=O) groups is 3. The zero-order valence-electron chi connectivity index (χ0n) is 34.8. The number of hydrogen-bond donors (Lipinski definition) is 5. The number of ketones is 1. The summed E-state index contributed by atoms with van der Waals surface area (Å²) < 4.78 is 50.3. The molecule has 2 aromatic rings. The quantitative estimate of drug-likeness (QED) is 0.289. The average Bonchev–Trinajstić information content (AvgIpc) is 3.19. The molecule has 12 nitrogen and oxygen atoms in total. The third kappa shape index (κ3) is 26.4. The molecule has 0 saturated carbocycles. The van der Waals surface area contributed by atoms with E-state index in [1.54, 1.807) is 6.92 Å². The van der Waals surface area contributed by atoms with Gasteiger partial charge in [0.1, 0.15) is 25.6 Å². The topological polar surface area (TPSA) is 169 Å². The van der Waals surface area contributed by atoms with Crippen molar-refractivity contribution in [3.8, 4) is 0 Å². The van der Waals surface area contributed by atoms with Crippen molar-refractivity contribution < 1.29 is 88.4 Å². The molecule has 3 heterocycles. The predicted molar refractivity (Wildman–Crippen MR) is 217 cm³/mol. The normalized spacial score (nSPS) is 21.9. The minimum Gasteiger partial charge on any atom is -1.00 e. The molecule has 17 heteroatoms. The summed E-state index contributed by atoms with van der Waals surface area (Å²) in [6.07, 6.45) is -0.818. The number of halogens is 3. The van der Waals surface area contributed by atoms with Gasteiger partial charge in [-0.1, -0.05) is 68.1 Å².